The van der Waals surface area contributed by atoms with Crippen molar-refractivity contribution in [3.05, 3.63) is 40.3 Å². The Labute approximate surface area is 155 Å². The van der Waals surface area contributed by atoms with Crippen molar-refractivity contribution < 1.29 is 13.9 Å². The molecule has 5 rings (SSSR count). The van der Waals surface area contributed by atoms with Gasteiger partial charge in [-0.1, -0.05) is 23.2 Å². The van der Waals surface area contributed by atoms with Crippen LogP contribution in [0.1, 0.15) is 23.5 Å². The number of carbonyl (C=O) groups is 1. The Morgan fingerprint density at radius 1 is 1.32 bits per heavy atom. The molecule has 1 N–H and O–H groups in total. The van der Waals surface area contributed by atoms with Crippen molar-refractivity contribution in [3.63, 3.8) is 0 Å². The van der Waals surface area contributed by atoms with Gasteiger partial charge in [-0.3, -0.25) is 4.79 Å². The lowest BCUT2D eigenvalue weighted by molar-refractivity contribution is 0.0599. The molecule has 0 spiro atoms. The lowest BCUT2D eigenvalue weighted by atomic mass is 9.84. The van der Waals surface area contributed by atoms with Gasteiger partial charge < -0.3 is 19.4 Å². The van der Waals surface area contributed by atoms with E-state index in [0.29, 0.717) is 21.7 Å². The molecule has 2 bridgehead atoms. The quantitative estimate of drug-likeness (QED) is 0.875. The van der Waals surface area contributed by atoms with E-state index in [0.717, 1.165) is 32.5 Å². The highest BCUT2D eigenvalue weighted by molar-refractivity contribution is 6.35. The minimum Gasteiger partial charge on any atom is -0.423 e. The molecule has 0 radical (unpaired) electrons. The van der Waals surface area contributed by atoms with Crippen molar-refractivity contribution in [2.45, 2.75) is 18.9 Å². The Morgan fingerprint density at radius 2 is 2.12 bits per heavy atom. The van der Waals surface area contributed by atoms with Gasteiger partial charge in [-0.05, 0) is 50.0 Å². The Hall–Kier alpha value is -1.76. The van der Waals surface area contributed by atoms with E-state index in [-0.39, 0.29) is 23.8 Å². The zero-order valence-corrected chi connectivity index (χ0v) is 14.9. The second-order valence-corrected chi connectivity index (χ2v) is 7.22. The Balaban J connectivity index is 1.41. The monoisotopic (exact) mass is 381 g/mol. The molecule has 3 fully saturated rings. The van der Waals surface area contributed by atoms with Gasteiger partial charge in [0.25, 0.3) is 5.89 Å². The summed E-state index contributed by atoms with van der Waals surface area (Å²) in [6.07, 6.45) is 3.61. The summed E-state index contributed by atoms with van der Waals surface area (Å²) in [6, 6.07) is 4.99. The molecule has 1 aromatic heterocycles. The van der Waals surface area contributed by atoms with Crippen molar-refractivity contribution in [2.75, 3.05) is 19.6 Å². The SMILES string of the molecule is O=C(NC1CN2CCC1CC2)c1ncc(Oc2ccc(Cl)cc2Cl)o1. The van der Waals surface area contributed by atoms with Crippen LogP contribution in [0.2, 0.25) is 10.0 Å². The van der Waals surface area contributed by atoms with Crippen molar-refractivity contribution in [2.24, 2.45) is 5.92 Å². The molecular formula is C17H17Cl2N3O3. The molecule has 2 aromatic rings. The number of nitrogens with one attached hydrogen (secondary N) is 1. The van der Waals surface area contributed by atoms with Gasteiger partial charge in [-0.25, -0.2) is 4.98 Å². The molecule has 3 aliphatic heterocycles. The number of fused-ring (bicyclic) bond motifs is 3. The van der Waals surface area contributed by atoms with Crippen LogP contribution in [0.15, 0.2) is 28.8 Å². The molecule has 1 atom stereocenters. The average Bonchev–Trinajstić information content (AvgIpc) is 3.07. The van der Waals surface area contributed by atoms with Crippen LogP contribution in [0.3, 0.4) is 0 Å². The normalized spacial score (nSPS) is 25.0. The number of benzene rings is 1. The number of amides is 1. The standard InChI is InChI=1S/C17H17Cl2N3O3/c18-11-1-2-14(12(19)7-11)24-15-8-20-17(25-15)16(23)21-13-9-22-5-3-10(13)4-6-22/h1-2,7-8,10,13H,3-6,9H2,(H,21,23). The van der Waals surface area contributed by atoms with E-state index in [1.165, 1.54) is 6.20 Å². The molecule has 25 heavy (non-hydrogen) atoms. The summed E-state index contributed by atoms with van der Waals surface area (Å²) in [4.78, 5) is 18.8. The predicted octanol–water partition coefficient (Wildman–Crippen LogP) is 3.60. The lowest BCUT2D eigenvalue weighted by Crippen LogP contribution is -2.57. The maximum atomic E-state index is 12.4. The van der Waals surface area contributed by atoms with Gasteiger partial charge in [-0.15, -0.1) is 0 Å². The smallest absolute Gasteiger partial charge is 0.311 e. The van der Waals surface area contributed by atoms with E-state index >= 15 is 0 Å². The molecule has 0 saturated carbocycles. The molecule has 1 unspecified atom stereocenters. The minimum atomic E-state index is -0.323. The number of halogens is 2. The van der Waals surface area contributed by atoms with Gasteiger partial charge in [0.1, 0.15) is 11.9 Å². The van der Waals surface area contributed by atoms with Gasteiger partial charge in [0, 0.05) is 17.6 Å². The number of ether oxygens (including phenoxy) is 1. The van der Waals surface area contributed by atoms with Crippen LogP contribution >= 0.6 is 23.2 Å². The van der Waals surface area contributed by atoms with Crippen LogP contribution in [-0.4, -0.2) is 41.5 Å². The second-order valence-electron chi connectivity index (χ2n) is 6.38. The lowest BCUT2D eigenvalue weighted by Gasteiger charge is -2.44. The van der Waals surface area contributed by atoms with Crippen molar-refractivity contribution in [1.29, 1.82) is 0 Å². The number of oxazole rings is 1. The molecule has 132 valence electrons. The number of aromatic nitrogens is 1. The average molecular weight is 382 g/mol. The van der Waals surface area contributed by atoms with E-state index < -0.39 is 0 Å². The molecule has 8 heteroatoms. The molecule has 1 aromatic carbocycles. The fourth-order valence-electron chi connectivity index (χ4n) is 3.44. The third kappa shape index (κ3) is 3.61. The van der Waals surface area contributed by atoms with E-state index in [9.17, 15) is 4.79 Å². The van der Waals surface area contributed by atoms with Gasteiger partial charge in [0.2, 0.25) is 0 Å². The zero-order chi connectivity index (χ0) is 17.4. The highest BCUT2D eigenvalue weighted by Crippen LogP contribution is 2.32. The molecule has 0 aliphatic carbocycles. The second kappa shape index (κ2) is 6.86. The summed E-state index contributed by atoms with van der Waals surface area (Å²) >= 11 is 11.9. The zero-order valence-electron chi connectivity index (χ0n) is 13.4. The van der Waals surface area contributed by atoms with Crippen LogP contribution in [-0.2, 0) is 0 Å². The van der Waals surface area contributed by atoms with Crippen LogP contribution in [0.25, 0.3) is 0 Å². The number of carbonyl (C=O) groups excluding carboxylic acids is 1. The first-order valence-electron chi connectivity index (χ1n) is 8.20. The van der Waals surface area contributed by atoms with Gasteiger partial charge >= 0.3 is 11.9 Å². The fourth-order valence-corrected chi connectivity index (χ4v) is 3.88. The summed E-state index contributed by atoms with van der Waals surface area (Å²) in [5.41, 5.74) is 0. The molecule has 4 heterocycles. The number of hydrogen-bond acceptors (Lipinski definition) is 5. The summed E-state index contributed by atoms with van der Waals surface area (Å²) in [7, 11) is 0. The van der Waals surface area contributed by atoms with Crippen LogP contribution in [0.5, 0.6) is 11.7 Å². The topological polar surface area (TPSA) is 67.6 Å². The molecule has 1 amide bonds. The van der Waals surface area contributed by atoms with E-state index in [2.05, 4.69) is 15.2 Å². The van der Waals surface area contributed by atoms with Gasteiger partial charge in [0.05, 0.1) is 5.02 Å². The van der Waals surface area contributed by atoms with Crippen LogP contribution in [0.4, 0.5) is 0 Å². The van der Waals surface area contributed by atoms with Crippen molar-refractivity contribution in [1.82, 2.24) is 15.2 Å². The minimum absolute atomic E-state index is 0.0171. The summed E-state index contributed by atoms with van der Waals surface area (Å²) in [5, 5.41) is 3.88. The first-order valence-corrected chi connectivity index (χ1v) is 8.96. The third-order valence-corrected chi connectivity index (χ3v) is 5.29. The van der Waals surface area contributed by atoms with E-state index in [4.69, 9.17) is 32.4 Å². The van der Waals surface area contributed by atoms with E-state index in [1.54, 1.807) is 18.2 Å². The Morgan fingerprint density at radius 3 is 2.80 bits per heavy atom. The summed E-state index contributed by atoms with van der Waals surface area (Å²) in [6.45, 7) is 3.13. The third-order valence-electron chi connectivity index (χ3n) is 4.76. The Bertz CT molecular complexity index is 787. The maximum absolute atomic E-state index is 12.4. The number of piperidine rings is 3. The first-order chi connectivity index (χ1) is 12.1. The summed E-state index contributed by atoms with van der Waals surface area (Å²) in [5.74, 6) is 0.676. The van der Waals surface area contributed by atoms with Crippen LogP contribution in [0, 0.1) is 5.92 Å². The number of hydrogen-bond donors (Lipinski definition) is 1. The predicted molar refractivity (Wildman–Crippen MR) is 93.5 cm³/mol. The highest BCUT2D eigenvalue weighted by Gasteiger charge is 2.35. The van der Waals surface area contributed by atoms with Crippen LogP contribution < -0.4 is 10.1 Å². The fraction of sp³-hybridized carbons (Fsp3) is 0.412. The molecule has 3 aliphatic rings. The molecule has 3 saturated heterocycles. The van der Waals surface area contributed by atoms with E-state index in [1.807, 2.05) is 0 Å². The molecule has 6 nitrogen and oxygen atoms in total. The van der Waals surface area contributed by atoms with Gasteiger partial charge in [-0.2, -0.15) is 0 Å². The van der Waals surface area contributed by atoms with Crippen molar-refractivity contribution >= 4 is 29.1 Å². The number of rotatable bonds is 4. The Kier molecular flexibility index (Phi) is 4.58. The largest absolute Gasteiger partial charge is 0.423 e. The first kappa shape index (κ1) is 16.7. The summed E-state index contributed by atoms with van der Waals surface area (Å²) < 4.78 is 10.9. The van der Waals surface area contributed by atoms with Gasteiger partial charge in [0.15, 0.2) is 0 Å². The molecular weight excluding hydrogens is 365 g/mol. The maximum Gasteiger partial charge on any atom is 0.311 e. The van der Waals surface area contributed by atoms with Crippen molar-refractivity contribution in [3.8, 4) is 11.7 Å². The number of nitrogens with zero attached hydrogens (tertiary/aromatic N) is 2. The highest BCUT2D eigenvalue weighted by atomic mass is 35.5.